The van der Waals surface area contributed by atoms with Crippen molar-refractivity contribution in [2.45, 2.75) is 95.9 Å². The van der Waals surface area contributed by atoms with Crippen LogP contribution in [0.15, 0.2) is 12.7 Å². The molecular formula is C26H40N2O9. The molecule has 1 saturated heterocycles. The van der Waals surface area contributed by atoms with Crippen molar-refractivity contribution in [3.63, 3.8) is 0 Å². The summed E-state index contributed by atoms with van der Waals surface area (Å²) in [6.45, 7) is 12.5. The number of hydrogen-bond donors (Lipinski definition) is 4. The van der Waals surface area contributed by atoms with Crippen LogP contribution >= 0.6 is 0 Å². The molecule has 208 valence electrons. The number of aliphatic hydroxyl groups excluding tert-OH is 1. The van der Waals surface area contributed by atoms with Crippen molar-refractivity contribution in [2.24, 2.45) is 22.5 Å². The largest absolute Gasteiger partial charge is 0.457 e. The molecule has 37 heavy (non-hydrogen) atoms. The van der Waals surface area contributed by atoms with Crippen LogP contribution in [-0.2, 0) is 33.4 Å². The number of ketones is 1. The number of carbonyl (C=O) groups excluding carboxylic acids is 4. The number of hydrogen-bond acceptors (Lipinski definition) is 10. The first kappa shape index (κ1) is 29.2. The second kappa shape index (κ2) is 9.44. The topological polar surface area (TPSA) is 174 Å². The first-order valence-corrected chi connectivity index (χ1v) is 12.5. The summed E-state index contributed by atoms with van der Waals surface area (Å²) in [4.78, 5) is 50.9. The molecule has 0 unspecified atom stereocenters. The number of Topliss-reactive ketones (excluding diaryl/α,β-unsaturated/α-hetero) is 1. The monoisotopic (exact) mass is 524 g/mol. The van der Waals surface area contributed by atoms with Gasteiger partial charge in [-0.25, -0.2) is 0 Å². The zero-order valence-electron chi connectivity index (χ0n) is 22.5. The van der Waals surface area contributed by atoms with Gasteiger partial charge in [-0.3, -0.25) is 19.2 Å². The first-order valence-electron chi connectivity index (χ1n) is 12.5. The number of nitrogens with two attached hydrogens (primary N) is 1. The number of carbonyl (C=O) groups is 4. The number of ether oxygens (including phenoxy) is 3. The fraction of sp³-hybridized carbons (Fsp3) is 0.769. The highest BCUT2D eigenvalue weighted by atomic mass is 16.6. The predicted octanol–water partition coefficient (Wildman–Crippen LogP) is 0.146. The molecule has 3 aliphatic rings. The summed E-state index contributed by atoms with van der Waals surface area (Å²) in [5.74, 6) is -3.60. The van der Waals surface area contributed by atoms with Crippen LogP contribution in [0, 0.1) is 16.7 Å². The highest BCUT2D eigenvalue weighted by molar-refractivity contribution is 5.92. The molecule has 2 saturated carbocycles. The smallest absolute Gasteiger partial charge is 0.325 e. The Labute approximate surface area is 217 Å². The van der Waals surface area contributed by atoms with E-state index in [4.69, 9.17) is 19.9 Å². The average Bonchev–Trinajstić information content (AvgIpc) is 2.80. The van der Waals surface area contributed by atoms with E-state index in [1.54, 1.807) is 13.8 Å². The second-order valence-electron chi connectivity index (χ2n) is 11.8. The molecule has 0 spiro atoms. The van der Waals surface area contributed by atoms with E-state index in [2.05, 4.69) is 11.9 Å². The van der Waals surface area contributed by atoms with Crippen molar-refractivity contribution in [3.8, 4) is 0 Å². The van der Waals surface area contributed by atoms with Gasteiger partial charge in [0.25, 0.3) is 0 Å². The summed E-state index contributed by atoms with van der Waals surface area (Å²) < 4.78 is 18.0. The minimum atomic E-state index is -2.32. The molecule has 11 nitrogen and oxygen atoms in total. The molecule has 5 N–H and O–H groups in total. The lowest BCUT2D eigenvalue weighted by atomic mass is 9.39. The zero-order valence-corrected chi connectivity index (χ0v) is 22.5. The molecule has 0 bridgehead atoms. The van der Waals surface area contributed by atoms with Crippen LogP contribution in [-0.4, -0.2) is 82.0 Å². The van der Waals surface area contributed by atoms with Gasteiger partial charge in [0.05, 0.1) is 18.2 Å². The Morgan fingerprint density at radius 3 is 2.38 bits per heavy atom. The van der Waals surface area contributed by atoms with E-state index in [1.165, 1.54) is 13.0 Å². The van der Waals surface area contributed by atoms with Gasteiger partial charge in [0, 0.05) is 24.7 Å². The number of esters is 2. The van der Waals surface area contributed by atoms with Crippen molar-refractivity contribution < 1.29 is 43.6 Å². The fourth-order valence-corrected chi connectivity index (χ4v) is 7.18. The Morgan fingerprint density at radius 2 is 1.84 bits per heavy atom. The molecule has 1 heterocycles. The summed E-state index contributed by atoms with van der Waals surface area (Å²) in [6, 6.07) is 0. The molecule has 0 aromatic carbocycles. The third-order valence-corrected chi connectivity index (χ3v) is 8.88. The van der Waals surface area contributed by atoms with Gasteiger partial charge in [-0.1, -0.05) is 26.8 Å². The summed E-state index contributed by atoms with van der Waals surface area (Å²) in [6.07, 6.45) is -1.89. The van der Waals surface area contributed by atoms with Crippen molar-refractivity contribution in [1.29, 1.82) is 0 Å². The van der Waals surface area contributed by atoms with Crippen LogP contribution in [0.4, 0.5) is 0 Å². The van der Waals surface area contributed by atoms with Crippen LogP contribution in [0.2, 0.25) is 0 Å². The predicted molar refractivity (Wildman–Crippen MR) is 131 cm³/mol. The Bertz CT molecular complexity index is 999. The zero-order chi connectivity index (χ0) is 28.2. The first-order chi connectivity index (χ1) is 16.9. The second-order valence-corrected chi connectivity index (χ2v) is 11.8. The van der Waals surface area contributed by atoms with Gasteiger partial charge in [0.1, 0.15) is 18.2 Å². The summed E-state index contributed by atoms with van der Waals surface area (Å²) >= 11 is 0. The molecule has 0 radical (unpaired) electrons. The minimum Gasteiger partial charge on any atom is -0.457 e. The Morgan fingerprint density at radius 1 is 1.22 bits per heavy atom. The van der Waals surface area contributed by atoms with Crippen LogP contribution < -0.4 is 11.1 Å². The molecule has 11 heteroatoms. The van der Waals surface area contributed by atoms with Crippen molar-refractivity contribution in [2.75, 3.05) is 13.1 Å². The minimum absolute atomic E-state index is 0.222. The fourth-order valence-electron chi connectivity index (χ4n) is 7.18. The summed E-state index contributed by atoms with van der Waals surface area (Å²) in [5.41, 5.74) is -2.45. The summed E-state index contributed by atoms with van der Waals surface area (Å²) in [5, 5.41) is 26.3. The number of nitrogens with one attached hydrogen (secondary N) is 1. The maximum absolute atomic E-state index is 13.9. The van der Waals surface area contributed by atoms with E-state index in [-0.39, 0.29) is 19.4 Å². The van der Waals surface area contributed by atoms with E-state index in [0.29, 0.717) is 6.42 Å². The molecule has 3 rings (SSSR count). The van der Waals surface area contributed by atoms with Crippen LogP contribution in [0.25, 0.3) is 0 Å². The van der Waals surface area contributed by atoms with E-state index >= 15 is 0 Å². The van der Waals surface area contributed by atoms with Gasteiger partial charge < -0.3 is 35.5 Å². The molecular weight excluding hydrogens is 484 g/mol. The third-order valence-electron chi connectivity index (χ3n) is 8.88. The van der Waals surface area contributed by atoms with Crippen LogP contribution in [0.1, 0.15) is 60.8 Å². The molecule has 1 amide bonds. The van der Waals surface area contributed by atoms with E-state index in [0.717, 1.165) is 6.92 Å². The Balaban J connectivity index is 2.26. The highest BCUT2D eigenvalue weighted by Crippen LogP contribution is 2.67. The Kier molecular flexibility index (Phi) is 7.46. The van der Waals surface area contributed by atoms with Gasteiger partial charge in [-0.05, 0) is 32.1 Å². The lowest BCUT2D eigenvalue weighted by Crippen LogP contribution is -2.87. The van der Waals surface area contributed by atoms with Gasteiger partial charge in [0.2, 0.25) is 5.91 Å². The maximum atomic E-state index is 13.9. The Hall–Kier alpha value is -2.34. The molecule has 3 fully saturated rings. The van der Waals surface area contributed by atoms with E-state index < -0.39 is 82.0 Å². The molecule has 2 aliphatic carbocycles. The number of amides is 1. The molecule has 0 aromatic heterocycles. The lowest BCUT2D eigenvalue weighted by molar-refractivity contribution is -0.370. The van der Waals surface area contributed by atoms with Gasteiger partial charge in [-0.15, -0.1) is 6.58 Å². The molecule has 8 atom stereocenters. The van der Waals surface area contributed by atoms with Crippen molar-refractivity contribution >= 4 is 23.6 Å². The molecule has 0 aromatic rings. The SMILES string of the molecule is C=C[C@@]1(C)CC(=O)[C@]2(O)[C@@]3(C)[C@@H](O)CCC(C)(C)[C@@H]3[C@H](OC(=O)CNC(=O)CN)[C@H](OC(C)=O)[C@@]2(C)O1. The quantitative estimate of drug-likeness (QED) is 0.276. The number of fused-ring (bicyclic) bond motifs is 3. The van der Waals surface area contributed by atoms with Crippen LogP contribution in [0.5, 0.6) is 0 Å². The van der Waals surface area contributed by atoms with E-state index in [9.17, 15) is 29.4 Å². The maximum Gasteiger partial charge on any atom is 0.325 e. The lowest BCUT2D eigenvalue weighted by Gasteiger charge is -2.71. The average molecular weight is 525 g/mol. The third kappa shape index (κ3) is 4.29. The van der Waals surface area contributed by atoms with Gasteiger partial charge in [-0.2, -0.15) is 0 Å². The van der Waals surface area contributed by atoms with Crippen LogP contribution in [0.3, 0.4) is 0 Å². The van der Waals surface area contributed by atoms with Gasteiger partial charge in [0.15, 0.2) is 17.5 Å². The van der Waals surface area contributed by atoms with Crippen molar-refractivity contribution in [1.82, 2.24) is 5.32 Å². The highest BCUT2D eigenvalue weighted by Gasteiger charge is 2.82. The summed E-state index contributed by atoms with van der Waals surface area (Å²) in [7, 11) is 0. The standard InChI is InChI=1S/C26H40N2O9/c1-8-23(5)11-16(31)26(34)24(6)15(30)9-10-22(3,4)20(24)19(36-18(33)13-28-17(32)12-27)21(35-14(2)29)25(26,7)37-23/h8,15,19-21,30,34H,1,9-13,27H2,2-7H3,(H,28,32)/t15-,19-,20-,21-,23-,24-,25+,26-/m0/s1. The number of aliphatic hydroxyl groups is 2. The normalized spacial score (nSPS) is 42.6. The van der Waals surface area contributed by atoms with E-state index in [1.807, 2.05) is 13.8 Å². The molecule has 1 aliphatic heterocycles. The van der Waals surface area contributed by atoms with Gasteiger partial charge >= 0.3 is 11.9 Å². The number of rotatable bonds is 6. The van der Waals surface area contributed by atoms with Crippen molar-refractivity contribution in [3.05, 3.63) is 12.7 Å².